The summed E-state index contributed by atoms with van der Waals surface area (Å²) in [6.45, 7) is 2.95. The highest BCUT2D eigenvalue weighted by molar-refractivity contribution is 5.92. The number of imidazole rings is 1. The number of carbonyl (C=O) groups is 1. The first-order chi connectivity index (χ1) is 9.58. The third kappa shape index (κ3) is 2.50. The summed E-state index contributed by atoms with van der Waals surface area (Å²) in [5.74, 6) is 0.269. The molecule has 2 rings (SSSR count). The van der Waals surface area contributed by atoms with E-state index in [2.05, 4.69) is 14.8 Å². The summed E-state index contributed by atoms with van der Waals surface area (Å²) >= 11 is 0. The Balaban J connectivity index is 2.35. The Morgan fingerprint density at radius 1 is 1.45 bits per heavy atom. The number of carbonyl (C=O) groups excluding carboxylic acids is 1. The third-order valence-electron chi connectivity index (χ3n) is 2.86. The first kappa shape index (κ1) is 14.1. The largest absolute Gasteiger partial charge is 0.464 e. The van der Waals surface area contributed by atoms with Crippen molar-refractivity contribution in [1.82, 2.24) is 19.3 Å². The minimum absolute atomic E-state index is 0.106. The van der Waals surface area contributed by atoms with Crippen LogP contribution in [0.4, 0.5) is 5.82 Å². The lowest BCUT2D eigenvalue weighted by molar-refractivity contribution is 0.0596. The van der Waals surface area contributed by atoms with E-state index in [1.807, 2.05) is 6.20 Å². The van der Waals surface area contributed by atoms with Gasteiger partial charge in [-0.1, -0.05) is 0 Å². The van der Waals surface area contributed by atoms with Crippen molar-refractivity contribution in [3.8, 4) is 5.69 Å². The van der Waals surface area contributed by atoms with Crippen LogP contribution in [0.2, 0.25) is 0 Å². The first-order valence-corrected chi connectivity index (χ1v) is 6.03. The van der Waals surface area contributed by atoms with Crippen LogP contribution in [0.15, 0.2) is 12.4 Å². The molecular formula is C12H17N5O3. The minimum atomic E-state index is -0.559. The highest BCUT2D eigenvalue weighted by Gasteiger charge is 2.20. The van der Waals surface area contributed by atoms with Gasteiger partial charge in [-0.25, -0.2) is 9.78 Å². The molecule has 8 nitrogen and oxygen atoms in total. The van der Waals surface area contributed by atoms with Crippen molar-refractivity contribution in [2.75, 3.05) is 26.6 Å². The second-order valence-electron chi connectivity index (χ2n) is 4.17. The van der Waals surface area contributed by atoms with Crippen molar-refractivity contribution in [2.45, 2.75) is 13.5 Å². The molecule has 0 aliphatic rings. The fourth-order valence-corrected chi connectivity index (χ4v) is 1.90. The molecule has 0 aliphatic carbocycles. The molecule has 0 atom stereocenters. The number of rotatable bonds is 5. The second-order valence-corrected chi connectivity index (χ2v) is 4.17. The molecule has 8 heteroatoms. The van der Waals surface area contributed by atoms with Gasteiger partial charge in [0.2, 0.25) is 0 Å². The van der Waals surface area contributed by atoms with Crippen LogP contribution in [0.25, 0.3) is 5.69 Å². The molecule has 0 unspecified atom stereocenters. The summed E-state index contributed by atoms with van der Waals surface area (Å²) in [7, 11) is 2.92. The predicted octanol–water partition coefficient (Wildman–Crippen LogP) is 0.392. The molecule has 2 aromatic heterocycles. The average molecular weight is 279 g/mol. The normalized spacial score (nSPS) is 10.8. The van der Waals surface area contributed by atoms with E-state index in [-0.39, 0.29) is 11.5 Å². The molecule has 0 saturated carbocycles. The van der Waals surface area contributed by atoms with Crippen LogP contribution < -0.4 is 5.73 Å². The molecule has 0 amide bonds. The van der Waals surface area contributed by atoms with E-state index in [4.69, 9.17) is 10.5 Å². The van der Waals surface area contributed by atoms with Crippen molar-refractivity contribution >= 4 is 11.8 Å². The zero-order valence-corrected chi connectivity index (χ0v) is 11.7. The standard InChI is InChI=1S/C12H17N5O3/c1-8-15-10(12(18)20-3)11(13)17(8)9-6-14-16(7-9)4-5-19-2/h6-7H,4-5,13H2,1-3H3. The Morgan fingerprint density at radius 2 is 2.20 bits per heavy atom. The number of anilines is 1. The number of nitrogens with zero attached hydrogens (tertiary/aromatic N) is 4. The highest BCUT2D eigenvalue weighted by atomic mass is 16.5. The quantitative estimate of drug-likeness (QED) is 0.795. The second kappa shape index (κ2) is 5.74. The predicted molar refractivity (Wildman–Crippen MR) is 71.7 cm³/mol. The van der Waals surface area contributed by atoms with E-state index in [1.165, 1.54) is 7.11 Å². The summed E-state index contributed by atoms with van der Waals surface area (Å²) in [5, 5.41) is 4.20. The van der Waals surface area contributed by atoms with E-state index in [1.54, 1.807) is 29.5 Å². The molecule has 0 saturated heterocycles. The lowest BCUT2D eigenvalue weighted by Gasteiger charge is -2.04. The van der Waals surface area contributed by atoms with E-state index in [9.17, 15) is 4.79 Å². The van der Waals surface area contributed by atoms with Gasteiger partial charge in [-0.15, -0.1) is 0 Å². The summed E-state index contributed by atoms with van der Waals surface area (Å²) in [6.07, 6.45) is 3.47. The maximum Gasteiger partial charge on any atom is 0.360 e. The van der Waals surface area contributed by atoms with Crippen LogP contribution in [-0.2, 0) is 16.0 Å². The van der Waals surface area contributed by atoms with Crippen LogP contribution >= 0.6 is 0 Å². The Bertz CT molecular complexity index is 617. The van der Waals surface area contributed by atoms with Gasteiger partial charge < -0.3 is 15.2 Å². The van der Waals surface area contributed by atoms with E-state index in [0.717, 1.165) is 5.69 Å². The number of aryl methyl sites for hydroxylation is 1. The zero-order valence-electron chi connectivity index (χ0n) is 11.7. The molecule has 0 spiro atoms. The topological polar surface area (TPSA) is 97.2 Å². The molecule has 2 aromatic rings. The fraction of sp³-hybridized carbons (Fsp3) is 0.417. The molecular weight excluding hydrogens is 262 g/mol. The lowest BCUT2D eigenvalue weighted by atomic mass is 10.4. The van der Waals surface area contributed by atoms with Gasteiger partial charge >= 0.3 is 5.97 Å². The van der Waals surface area contributed by atoms with Crippen molar-refractivity contribution < 1.29 is 14.3 Å². The van der Waals surface area contributed by atoms with Crippen molar-refractivity contribution in [3.05, 3.63) is 23.9 Å². The van der Waals surface area contributed by atoms with Gasteiger partial charge in [0.1, 0.15) is 11.6 Å². The van der Waals surface area contributed by atoms with Gasteiger partial charge in [-0.2, -0.15) is 5.10 Å². The van der Waals surface area contributed by atoms with Gasteiger partial charge in [0, 0.05) is 13.3 Å². The third-order valence-corrected chi connectivity index (χ3v) is 2.86. The van der Waals surface area contributed by atoms with Crippen molar-refractivity contribution in [3.63, 3.8) is 0 Å². The maximum absolute atomic E-state index is 11.6. The Labute approximate surface area is 116 Å². The van der Waals surface area contributed by atoms with Crippen molar-refractivity contribution in [2.24, 2.45) is 0 Å². The Morgan fingerprint density at radius 3 is 2.85 bits per heavy atom. The Kier molecular flexibility index (Phi) is 4.04. The van der Waals surface area contributed by atoms with Crippen LogP contribution in [0, 0.1) is 6.92 Å². The van der Waals surface area contributed by atoms with Crippen LogP contribution in [-0.4, -0.2) is 46.1 Å². The van der Waals surface area contributed by atoms with E-state index >= 15 is 0 Å². The number of esters is 1. The fourth-order valence-electron chi connectivity index (χ4n) is 1.90. The first-order valence-electron chi connectivity index (χ1n) is 6.03. The molecule has 0 radical (unpaired) electrons. The molecule has 108 valence electrons. The number of methoxy groups -OCH3 is 2. The van der Waals surface area contributed by atoms with Crippen LogP contribution in [0.1, 0.15) is 16.3 Å². The summed E-state index contributed by atoms with van der Waals surface area (Å²) in [4.78, 5) is 15.7. The van der Waals surface area contributed by atoms with Gasteiger partial charge in [0.05, 0.1) is 32.1 Å². The molecule has 0 fully saturated rings. The van der Waals surface area contributed by atoms with E-state index in [0.29, 0.717) is 19.0 Å². The Hall–Kier alpha value is -2.35. The number of ether oxygens (including phenoxy) is 2. The summed E-state index contributed by atoms with van der Waals surface area (Å²) in [5.41, 5.74) is 6.80. The van der Waals surface area contributed by atoms with Gasteiger partial charge in [0.25, 0.3) is 0 Å². The zero-order chi connectivity index (χ0) is 14.7. The SMILES string of the molecule is COCCn1cc(-n2c(C)nc(C(=O)OC)c2N)cn1. The van der Waals surface area contributed by atoms with Crippen molar-refractivity contribution in [1.29, 1.82) is 0 Å². The van der Waals surface area contributed by atoms with Gasteiger partial charge in [-0.3, -0.25) is 9.25 Å². The molecule has 20 heavy (non-hydrogen) atoms. The maximum atomic E-state index is 11.6. The number of nitrogens with two attached hydrogens (primary N) is 1. The molecule has 0 bridgehead atoms. The summed E-state index contributed by atoms with van der Waals surface area (Å²) in [6, 6.07) is 0. The average Bonchev–Trinajstić information content (AvgIpc) is 3.00. The molecule has 2 heterocycles. The van der Waals surface area contributed by atoms with Gasteiger partial charge in [0.15, 0.2) is 5.69 Å². The molecule has 0 aromatic carbocycles. The number of hydrogen-bond acceptors (Lipinski definition) is 6. The smallest absolute Gasteiger partial charge is 0.360 e. The number of aromatic nitrogens is 4. The molecule has 2 N–H and O–H groups in total. The highest BCUT2D eigenvalue weighted by Crippen LogP contribution is 2.20. The summed E-state index contributed by atoms with van der Waals surface area (Å²) < 4.78 is 13.0. The van der Waals surface area contributed by atoms with E-state index < -0.39 is 5.97 Å². The van der Waals surface area contributed by atoms with Gasteiger partial charge in [-0.05, 0) is 6.92 Å². The molecule has 0 aliphatic heterocycles. The number of nitrogen functional groups attached to an aromatic ring is 1. The monoisotopic (exact) mass is 279 g/mol. The van der Waals surface area contributed by atoms with Crippen LogP contribution in [0.3, 0.4) is 0 Å². The minimum Gasteiger partial charge on any atom is -0.464 e. The number of hydrogen-bond donors (Lipinski definition) is 1. The lowest BCUT2D eigenvalue weighted by Crippen LogP contribution is -2.07. The van der Waals surface area contributed by atoms with Crippen LogP contribution in [0.5, 0.6) is 0 Å².